The van der Waals surface area contributed by atoms with Crippen LogP contribution in [0.25, 0.3) is 89.0 Å². The molecule has 1 aliphatic carbocycles. The van der Waals surface area contributed by atoms with Crippen LogP contribution in [0.5, 0.6) is 0 Å². The topological polar surface area (TPSA) is 0 Å². The van der Waals surface area contributed by atoms with E-state index in [1.807, 2.05) is 0 Å². The summed E-state index contributed by atoms with van der Waals surface area (Å²) in [7, 11) is 0. The van der Waals surface area contributed by atoms with Crippen LogP contribution < -0.4 is 0 Å². The summed E-state index contributed by atoms with van der Waals surface area (Å²) in [5.41, 5.74) is 34.6. The van der Waals surface area contributed by atoms with E-state index in [4.69, 9.17) is 0 Å². The van der Waals surface area contributed by atoms with Crippen LogP contribution in [0.4, 0.5) is 0 Å². The van der Waals surface area contributed by atoms with Crippen LogP contribution in [0.1, 0.15) is 150 Å². The molecule has 0 saturated heterocycles. The van der Waals surface area contributed by atoms with Crippen LogP contribution in [0.15, 0.2) is 231 Å². The zero-order valence-electron chi connectivity index (χ0n) is 54.4. The molecule has 0 saturated carbocycles. The quantitative estimate of drug-likeness (QED) is 0.135. The van der Waals surface area contributed by atoms with Gasteiger partial charge in [0.2, 0.25) is 0 Å². The average molecular weight is 1130 g/mol. The Hall–Kier alpha value is -8.58. The molecule has 0 spiro atoms. The minimum Gasteiger partial charge on any atom is -0.0613 e. The van der Waals surface area contributed by atoms with Gasteiger partial charge in [-0.05, 0) is 243 Å². The minimum atomic E-state index is -0.717. The molecule has 0 aromatic heterocycles. The molecule has 0 heterocycles. The molecule has 0 N–H and O–H groups in total. The molecule has 87 heavy (non-hydrogen) atoms. The van der Waals surface area contributed by atoms with Crippen molar-refractivity contribution in [3.63, 3.8) is 0 Å². The van der Waals surface area contributed by atoms with E-state index in [1.165, 1.54) is 156 Å². The lowest BCUT2D eigenvalue weighted by Crippen LogP contribution is -2.28. The first-order valence-electron chi connectivity index (χ1n) is 31.5. The zero-order valence-corrected chi connectivity index (χ0v) is 54.4. The summed E-state index contributed by atoms with van der Waals surface area (Å²) in [6.45, 7) is 36.6. The third-order valence-corrected chi connectivity index (χ3v) is 18.7. The Balaban J connectivity index is 1.11. The largest absolute Gasteiger partial charge is 0.0714 e. The summed E-state index contributed by atoms with van der Waals surface area (Å²) in [6.07, 6.45) is 0. The zero-order chi connectivity index (χ0) is 61.5. The smallest absolute Gasteiger partial charge is 0.0613 e. The van der Waals surface area contributed by atoms with Gasteiger partial charge in [0.05, 0.1) is 5.41 Å². The van der Waals surface area contributed by atoms with Gasteiger partial charge in [-0.3, -0.25) is 0 Å². The molecule has 0 radical (unpaired) electrons. The van der Waals surface area contributed by atoms with Crippen molar-refractivity contribution in [2.45, 2.75) is 138 Å². The highest BCUT2D eigenvalue weighted by atomic mass is 14.5. The molecule has 0 amide bonds. The molecule has 0 unspecified atom stereocenters. The molecule has 1 aliphatic rings. The molecule has 12 rings (SSSR count). The third-order valence-electron chi connectivity index (χ3n) is 18.7. The lowest BCUT2D eigenvalue weighted by atomic mass is 9.66. The number of aryl methyl sites for hydroxylation is 4. The van der Waals surface area contributed by atoms with Gasteiger partial charge in [0.25, 0.3) is 0 Å². The van der Waals surface area contributed by atoms with Gasteiger partial charge in [-0.15, -0.1) is 0 Å². The second-order valence-corrected chi connectivity index (χ2v) is 29.4. The first-order valence-corrected chi connectivity index (χ1v) is 31.5. The number of rotatable bonds is 9. The molecule has 11 aromatic rings. The Labute approximate surface area is 521 Å². The molecular weight excluding hydrogens is 1040 g/mol. The Morgan fingerprint density at radius 3 is 0.908 bits per heavy atom. The van der Waals surface area contributed by atoms with Crippen LogP contribution in [0.3, 0.4) is 0 Å². The van der Waals surface area contributed by atoms with Crippen molar-refractivity contribution in [3.8, 4) is 89.0 Å². The molecular formula is C87H86. The van der Waals surface area contributed by atoms with E-state index in [1.54, 1.807) is 0 Å². The fourth-order valence-corrected chi connectivity index (χ4v) is 13.9. The maximum atomic E-state index is 2.52. The van der Waals surface area contributed by atoms with Gasteiger partial charge < -0.3 is 0 Å². The lowest BCUT2D eigenvalue weighted by molar-refractivity contribution is 0.590. The molecule has 0 nitrogen and oxygen atoms in total. The SMILES string of the molecule is Cc1cc(C)c(-c2cccc3c2-c2cc(C)ccc2C3(c2cccc(-c3cc(-c4ccc(C(C)(C)C)cc4)cc(-c4ccc(C(C)(C)C)cc4)c3)c2)c2cccc(-c3cc(-c4ccc(C(C)(C)C)cc4)cc(-c4ccc(C(C)(C)C)cc4)c3)c2)c(C)c1. The Bertz CT molecular complexity index is 4010. The van der Waals surface area contributed by atoms with Crippen LogP contribution >= 0.6 is 0 Å². The molecule has 0 heteroatoms. The van der Waals surface area contributed by atoms with E-state index in [9.17, 15) is 0 Å². The maximum absolute atomic E-state index is 2.52. The fourth-order valence-electron chi connectivity index (χ4n) is 13.9. The molecule has 0 atom stereocenters. The van der Waals surface area contributed by atoms with Crippen LogP contribution in [0.2, 0.25) is 0 Å². The predicted octanol–water partition coefficient (Wildman–Crippen LogP) is 24.1. The van der Waals surface area contributed by atoms with Gasteiger partial charge in [0, 0.05) is 0 Å². The van der Waals surface area contributed by atoms with Crippen molar-refractivity contribution in [1.29, 1.82) is 0 Å². The second-order valence-electron chi connectivity index (χ2n) is 29.4. The highest BCUT2D eigenvalue weighted by Gasteiger charge is 2.47. The van der Waals surface area contributed by atoms with Gasteiger partial charge in [-0.25, -0.2) is 0 Å². The van der Waals surface area contributed by atoms with Crippen molar-refractivity contribution in [2.24, 2.45) is 0 Å². The Kier molecular flexibility index (Phi) is 14.9. The van der Waals surface area contributed by atoms with Gasteiger partial charge in [0.1, 0.15) is 0 Å². The summed E-state index contributed by atoms with van der Waals surface area (Å²) in [5, 5.41) is 0. The highest BCUT2D eigenvalue weighted by Crippen LogP contribution is 2.60. The van der Waals surface area contributed by atoms with Crippen molar-refractivity contribution in [2.75, 3.05) is 0 Å². The van der Waals surface area contributed by atoms with E-state index >= 15 is 0 Å². The second kappa shape index (κ2) is 22.0. The van der Waals surface area contributed by atoms with E-state index < -0.39 is 5.41 Å². The van der Waals surface area contributed by atoms with Crippen molar-refractivity contribution in [1.82, 2.24) is 0 Å². The van der Waals surface area contributed by atoms with E-state index in [0.29, 0.717) is 0 Å². The van der Waals surface area contributed by atoms with Gasteiger partial charge in [-0.1, -0.05) is 276 Å². The normalized spacial score (nSPS) is 13.1. The highest BCUT2D eigenvalue weighted by molar-refractivity contribution is 5.98. The third kappa shape index (κ3) is 11.2. The number of fused-ring (bicyclic) bond motifs is 3. The summed E-state index contributed by atoms with van der Waals surface area (Å²) in [5.74, 6) is 0. The predicted molar refractivity (Wildman–Crippen MR) is 376 cm³/mol. The summed E-state index contributed by atoms with van der Waals surface area (Å²) >= 11 is 0. The monoisotopic (exact) mass is 1130 g/mol. The van der Waals surface area contributed by atoms with E-state index in [-0.39, 0.29) is 21.7 Å². The first-order chi connectivity index (χ1) is 41.2. The van der Waals surface area contributed by atoms with Crippen molar-refractivity contribution < 1.29 is 0 Å². The number of hydrogen-bond acceptors (Lipinski definition) is 0. The molecule has 434 valence electrons. The van der Waals surface area contributed by atoms with Crippen molar-refractivity contribution >= 4 is 0 Å². The van der Waals surface area contributed by atoms with Gasteiger partial charge in [-0.2, -0.15) is 0 Å². The number of hydrogen-bond donors (Lipinski definition) is 0. The lowest BCUT2D eigenvalue weighted by Gasteiger charge is -2.35. The van der Waals surface area contributed by atoms with Crippen LogP contribution in [-0.2, 0) is 27.1 Å². The molecule has 11 aromatic carbocycles. The van der Waals surface area contributed by atoms with E-state index in [0.717, 1.165) is 0 Å². The van der Waals surface area contributed by atoms with Crippen LogP contribution in [0, 0.1) is 27.7 Å². The van der Waals surface area contributed by atoms with Gasteiger partial charge in [0.15, 0.2) is 0 Å². The fraction of sp³-hybridized carbons (Fsp3) is 0.241. The Morgan fingerprint density at radius 1 is 0.230 bits per heavy atom. The molecule has 0 fully saturated rings. The minimum absolute atomic E-state index is 0.0514. The maximum Gasteiger partial charge on any atom is 0.0714 e. The standard InChI is InChI=1S/C87H86/c1-55-26-43-79-78(46-55)82-77(81-57(3)44-56(2)45-58(81)4)24-19-25-80(82)87(79,75-22-17-20-63(53-75)69-49-65(59-27-35-71(36-28-59)83(5,6)7)47-66(50-69)60-29-37-72(38-30-60)84(8,9)10)76-23-18-21-64(54-76)70-51-67(61-31-39-73(40-32-61)85(11,12)13)48-68(52-70)62-33-41-74(42-34-62)86(14,15)16/h17-54H,1-16H3. The summed E-state index contributed by atoms with van der Waals surface area (Å²) in [4.78, 5) is 0. The summed E-state index contributed by atoms with van der Waals surface area (Å²) in [6, 6.07) is 89.8. The molecule has 0 aliphatic heterocycles. The van der Waals surface area contributed by atoms with E-state index in [2.05, 4.69) is 341 Å². The summed E-state index contributed by atoms with van der Waals surface area (Å²) < 4.78 is 0. The molecule has 0 bridgehead atoms. The average Bonchev–Trinajstić information content (AvgIpc) is 1.56. The first kappa shape index (κ1) is 58.8. The van der Waals surface area contributed by atoms with Gasteiger partial charge >= 0.3 is 0 Å². The number of benzene rings is 11. The van der Waals surface area contributed by atoms with Crippen LogP contribution in [-0.4, -0.2) is 0 Å². The van der Waals surface area contributed by atoms with Crippen molar-refractivity contribution in [3.05, 3.63) is 297 Å². The Morgan fingerprint density at radius 2 is 0.563 bits per heavy atom.